The Hall–Kier alpha value is -0.358. The standard InChI is InChI=1S/C55H90N2.2HI.Pd/c1-9-17-25-32-44-40-48(41-45(33-26-18-10-2)50(44)37-29-21-13-5)54-52(36-24-16-8)53(39-31-23-15-7)55(57(54)56)49-42-46(34-27-19-11-3)51(38-30-22-14-6)47(43-49)35-28-20-12-4;;;/h40-43H,9-39H2,1-8H3;2*1H;/q;;;+2/p-2. The van der Waals surface area contributed by atoms with Crippen molar-refractivity contribution in [2.24, 2.45) is 0 Å². The third-order valence-electron chi connectivity index (χ3n) is 12.8. The first-order chi connectivity index (χ1) is 29.3. The van der Waals surface area contributed by atoms with Crippen molar-refractivity contribution in [1.82, 2.24) is 0 Å². The molecule has 0 saturated heterocycles. The molecule has 0 bridgehead atoms. The summed E-state index contributed by atoms with van der Waals surface area (Å²) in [6.07, 6.45) is 37.8. The summed E-state index contributed by atoms with van der Waals surface area (Å²) in [6, 6.07) is 10.2. The van der Waals surface area contributed by atoms with E-state index in [0.29, 0.717) is 0 Å². The second kappa shape index (κ2) is 35.0. The van der Waals surface area contributed by atoms with Crippen molar-refractivity contribution in [3.8, 4) is 0 Å². The van der Waals surface area contributed by atoms with Crippen LogP contribution in [0.4, 0.5) is 0 Å². The maximum atomic E-state index is 13.0. The van der Waals surface area contributed by atoms with E-state index in [1.165, 1.54) is 170 Å². The second-order valence-electron chi connectivity index (χ2n) is 17.9. The molecular formula is C55H90I2N2Pd. The van der Waals surface area contributed by atoms with Crippen molar-refractivity contribution in [2.75, 3.05) is 0 Å². The van der Waals surface area contributed by atoms with Crippen LogP contribution in [0.15, 0.2) is 35.4 Å². The van der Waals surface area contributed by atoms with E-state index in [1.807, 2.05) is 0 Å². The monoisotopic (exact) mass is 1140 g/mol. The summed E-state index contributed by atoms with van der Waals surface area (Å²) < 4.78 is 1.74. The third-order valence-corrected chi connectivity index (χ3v) is 12.8. The van der Waals surface area contributed by atoms with E-state index in [1.54, 1.807) is 38.1 Å². The number of rotatable bonds is 33. The molecule has 0 aromatic heterocycles. The van der Waals surface area contributed by atoms with Gasteiger partial charge in [-0.3, -0.25) is 0 Å². The van der Waals surface area contributed by atoms with Crippen molar-refractivity contribution >= 4 is 50.4 Å². The summed E-state index contributed by atoms with van der Waals surface area (Å²) in [5.74, 6) is 0. The number of aryl methyl sites for hydroxylation is 4. The van der Waals surface area contributed by atoms with Crippen LogP contribution < -0.4 is 0 Å². The van der Waals surface area contributed by atoms with Gasteiger partial charge in [0.1, 0.15) is 0 Å². The molecule has 0 fully saturated rings. The zero-order valence-electron chi connectivity index (χ0n) is 40.2. The molecule has 0 spiro atoms. The number of hydrogen-bond donors (Lipinski definition) is 0. The molecule has 5 heteroatoms. The Labute approximate surface area is 402 Å². The topological polar surface area (TPSA) is 25.3 Å². The Balaban J connectivity index is 0.00000401. The van der Waals surface area contributed by atoms with Crippen LogP contribution in [0.2, 0.25) is 0 Å². The van der Waals surface area contributed by atoms with Gasteiger partial charge in [0.05, 0.1) is 0 Å². The van der Waals surface area contributed by atoms with Gasteiger partial charge in [-0.2, -0.15) is 0 Å². The van der Waals surface area contributed by atoms with E-state index >= 15 is 0 Å². The molecule has 0 unspecified atom stereocenters. The maximum absolute atomic E-state index is 13.0. The fourth-order valence-corrected chi connectivity index (χ4v) is 9.46. The summed E-state index contributed by atoms with van der Waals surface area (Å²) in [6.45, 7) is 18.6. The van der Waals surface area contributed by atoms with Crippen molar-refractivity contribution in [2.45, 2.75) is 254 Å². The molecule has 3 rings (SSSR count). The molecule has 1 aliphatic heterocycles. The molecule has 60 heavy (non-hydrogen) atoms. The van der Waals surface area contributed by atoms with E-state index in [4.69, 9.17) is 0 Å². The Morgan fingerprint density at radius 2 is 0.600 bits per heavy atom. The number of unbranched alkanes of at least 4 members (excludes halogenated alkanes) is 15. The van der Waals surface area contributed by atoms with E-state index < -0.39 is 0 Å². The molecule has 0 saturated carbocycles. The van der Waals surface area contributed by atoms with Gasteiger partial charge in [-0.25, -0.2) is 4.70 Å². The summed E-state index contributed by atoms with van der Waals surface area (Å²) in [7, 11) is 0.890. The molecule has 0 N–H and O–H groups in total. The number of allylic oxidation sites excluding steroid dienone is 2. The number of hydrogen-bond acceptors (Lipinski definition) is 0. The fourth-order valence-electron chi connectivity index (χ4n) is 9.46. The van der Waals surface area contributed by atoms with Crippen molar-refractivity contribution < 1.29 is 15.4 Å². The van der Waals surface area contributed by atoms with Crippen molar-refractivity contribution in [3.63, 3.8) is 0 Å². The van der Waals surface area contributed by atoms with Gasteiger partial charge >= 0.3 is 49.8 Å². The molecule has 2 aromatic rings. The van der Waals surface area contributed by atoms with Gasteiger partial charge in [0.25, 0.3) is 0 Å². The number of nitrogens with zero attached hydrogens (tertiary/aromatic N) is 2. The molecule has 0 atom stereocenters. The predicted octanol–water partition coefficient (Wildman–Crippen LogP) is 19.8. The van der Waals surface area contributed by atoms with Crippen molar-refractivity contribution in [1.29, 1.82) is 0 Å². The molecule has 2 nitrogen and oxygen atoms in total. The van der Waals surface area contributed by atoms with Gasteiger partial charge in [-0.1, -0.05) is 152 Å². The normalized spacial score (nSPS) is 12.9. The summed E-state index contributed by atoms with van der Waals surface area (Å²) in [5.41, 5.74) is 30.1. The van der Waals surface area contributed by atoms with Crippen LogP contribution in [0.25, 0.3) is 16.9 Å². The van der Waals surface area contributed by atoms with E-state index in [-0.39, 0.29) is 0 Å². The minimum absolute atomic E-state index is 0.890. The Bertz CT molecular complexity index is 1490. The third kappa shape index (κ3) is 19.0. The van der Waals surface area contributed by atoms with Crippen LogP contribution in [-0.4, -0.2) is 4.70 Å². The first-order valence-electron chi connectivity index (χ1n) is 25.4. The Morgan fingerprint density at radius 1 is 0.367 bits per heavy atom. The zero-order valence-corrected chi connectivity index (χ0v) is 46.1. The van der Waals surface area contributed by atoms with Crippen LogP contribution in [0.5, 0.6) is 0 Å². The van der Waals surface area contributed by atoms with Crippen molar-refractivity contribution in [3.05, 3.63) is 85.5 Å². The summed E-state index contributed by atoms with van der Waals surface area (Å²) >= 11 is 4.65. The fraction of sp³-hybridized carbons (Fsp3) is 0.709. The van der Waals surface area contributed by atoms with Gasteiger partial charge in [0.15, 0.2) is 0 Å². The molecule has 1 aliphatic rings. The molecule has 1 heterocycles. The van der Waals surface area contributed by atoms with Crippen LogP contribution in [-0.2, 0) is 49.3 Å². The molecule has 0 amide bonds. The van der Waals surface area contributed by atoms with Gasteiger partial charge in [-0.15, -0.1) is 0 Å². The Morgan fingerprint density at radius 3 is 0.867 bits per heavy atom. The Kier molecular flexibility index (Phi) is 32.5. The average molecular weight is 1140 g/mol. The second-order valence-corrected chi connectivity index (χ2v) is 29.8. The first-order valence-corrected chi connectivity index (χ1v) is 34.7. The van der Waals surface area contributed by atoms with Gasteiger partial charge in [-0.05, 0) is 160 Å². The van der Waals surface area contributed by atoms with E-state index in [9.17, 15) is 5.53 Å². The molecule has 2 aromatic carbocycles. The molecule has 344 valence electrons. The molecule has 0 aliphatic carbocycles. The predicted molar refractivity (Wildman–Crippen MR) is 281 cm³/mol. The van der Waals surface area contributed by atoms with Crippen LogP contribution >= 0.6 is 39.0 Å². The van der Waals surface area contributed by atoms with Gasteiger partial charge in [0, 0.05) is 22.3 Å². The van der Waals surface area contributed by atoms with Crippen LogP contribution in [0.3, 0.4) is 0 Å². The van der Waals surface area contributed by atoms with Gasteiger partial charge < -0.3 is 5.53 Å². The van der Waals surface area contributed by atoms with Gasteiger partial charge in [0.2, 0.25) is 11.4 Å². The minimum atomic E-state index is 0.890. The van der Waals surface area contributed by atoms with E-state index in [0.717, 1.165) is 73.5 Å². The molecular weight excluding hydrogens is 1050 g/mol. The SMILES string of the molecule is CCCCCC1=C(c2cc(CCCCC)c(CCCCC)c(CCCCC)c2)[N+](=[N-])C(c2cc(CCCCC)c(CCCCC)c(CCCCC)c2)=C1CCCC.[I][Pd][I]. The average Bonchev–Trinajstić information content (AvgIpc) is 3.52. The first kappa shape index (κ1) is 55.8. The van der Waals surface area contributed by atoms with E-state index in [2.05, 4.69) is 119 Å². The van der Waals surface area contributed by atoms with Crippen LogP contribution in [0.1, 0.15) is 260 Å². The summed E-state index contributed by atoms with van der Waals surface area (Å²) in [5, 5.41) is 0. The number of benzene rings is 2. The quantitative estimate of drug-likeness (QED) is 0.0295. The molecule has 0 radical (unpaired) electrons. The zero-order chi connectivity index (χ0) is 44.0. The number of halogens is 2. The van der Waals surface area contributed by atoms with Crippen LogP contribution in [0, 0.1) is 0 Å². The summed E-state index contributed by atoms with van der Waals surface area (Å²) in [4.78, 5) is 0.